The standard InChI is InChI=1S/C14H14O11/c1-23-14(22)11(10-8(18)9(19)13(21)24-10)25-12(20)4-2-5(15)7(17)6(16)3-4/h2-3,8-11,15-19H,1H3/t8-,9-,10-,11+/m0/s1. The van der Waals surface area contributed by atoms with Crippen molar-refractivity contribution in [3.05, 3.63) is 17.7 Å². The topological polar surface area (TPSA) is 180 Å². The molecule has 11 heteroatoms. The Balaban J connectivity index is 2.27. The number of carbonyl (C=O) groups excluding carboxylic acids is 3. The number of phenolic OH excluding ortho intramolecular Hbond substituents is 3. The first-order valence-corrected chi connectivity index (χ1v) is 6.77. The Morgan fingerprint density at radius 2 is 1.72 bits per heavy atom. The van der Waals surface area contributed by atoms with E-state index < -0.39 is 65.1 Å². The molecule has 0 spiro atoms. The Bertz CT molecular complexity index is 690. The van der Waals surface area contributed by atoms with Crippen molar-refractivity contribution in [2.24, 2.45) is 0 Å². The SMILES string of the molecule is COC(=O)[C@H](OC(=O)c1cc(O)c(O)c(O)c1)[C@H]1OC(=O)[C@@H](O)[C@@H]1O. The van der Waals surface area contributed by atoms with Gasteiger partial charge in [0.1, 0.15) is 6.10 Å². The molecule has 0 aliphatic carbocycles. The number of aromatic hydroxyl groups is 3. The summed E-state index contributed by atoms with van der Waals surface area (Å²) in [7, 11) is 0.945. The van der Waals surface area contributed by atoms with Gasteiger partial charge >= 0.3 is 17.9 Å². The van der Waals surface area contributed by atoms with Crippen LogP contribution in [-0.2, 0) is 23.8 Å². The van der Waals surface area contributed by atoms with E-state index in [1.54, 1.807) is 0 Å². The first-order chi connectivity index (χ1) is 11.7. The van der Waals surface area contributed by atoms with Crippen molar-refractivity contribution >= 4 is 17.9 Å². The highest BCUT2D eigenvalue weighted by atomic mass is 16.6. The van der Waals surface area contributed by atoms with Crippen molar-refractivity contribution in [2.75, 3.05) is 7.11 Å². The second-order valence-corrected chi connectivity index (χ2v) is 5.05. The number of phenols is 3. The van der Waals surface area contributed by atoms with Crippen molar-refractivity contribution in [1.29, 1.82) is 0 Å². The van der Waals surface area contributed by atoms with Gasteiger partial charge in [0.15, 0.2) is 29.5 Å². The van der Waals surface area contributed by atoms with E-state index >= 15 is 0 Å². The monoisotopic (exact) mass is 358 g/mol. The number of ether oxygens (including phenoxy) is 3. The van der Waals surface area contributed by atoms with Gasteiger partial charge in [-0.05, 0) is 12.1 Å². The molecule has 4 atom stereocenters. The zero-order chi connectivity index (χ0) is 18.9. The van der Waals surface area contributed by atoms with Crippen LogP contribution in [0.25, 0.3) is 0 Å². The highest BCUT2D eigenvalue weighted by molar-refractivity contribution is 5.93. The molecule has 11 nitrogen and oxygen atoms in total. The molecule has 25 heavy (non-hydrogen) atoms. The Hall–Kier alpha value is -3.05. The van der Waals surface area contributed by atoms with Gasteiger partial charge in [-0.1, -0.05) is 0 Å². The van der Waals surface area contributed by atoms with E-state index in [2.05, 4.69) is 9.47 Å². The number of aliphatic hydroxyl groups is 2. The number of hydrogen-bond donors (Lipinski definition) is 5. The predicted molar refractivity (Wildman–Crippen MR) is 74.5 cm³/mol. The minimum atomic E-state index is -1.93. The summed E-state index contributed by atoms with van der Waals surface area (Å²) in [6.45, 7) is 0. The molecule has 1 saturated heterocycles. The van der Waals surface area contributed by atoms with Crippen LogP contribution in [0, 0.1) is 0 Å². The quantitative estimate of drug-likeness (QED) is 0.231. The zero-order valence-corrected chi connectivity index (χ0v) is 12.6. The molecule has 0 saturated carbocycles. The summed E-state index contributed by atoms with van der Waals surface area (Å²) in [6.07, 6.45) is -7.44. The predicted octanol–water partition coefficient (Wildman–Crippen LogP) is -1.85. The molecule has 0 unspecified atom stereocenters. The van der Waals surface area contributed by atoms with Gasteiger partial charge in [0.25, 0.3) is 0 Å². The highest BCUT2D eigenvalue weighted by Gasteiger charge is 2.51. The van der Waals surface area contributed by atoms with Crippen LogP contribution in [0.3, 0.4) is 0 Å². The van der Waals surface area contributed by atoms with E-state index in [1.807, 2.05) is 0 Å². The minimum absolute atomic E-state index is 0.457. The van der Waals surface area contributed by atoms with Gasteiger partial charge in [0.05, 0.1) is 12.7 Å². The number of hydrogen-bond acceptors (Lipinski definition) is 11. The smallest absolute Gasteiger partial charge is 0.351 e. The molecule has 1 fully saturated rings. The molecule has 0 bridgehead atoms. The molecule has 0 radical (unpaired) electrons. The fourth-order valence-electron chi connectivity index (χ4n) is 2.10. The lowest BCUT2D eigenvalue weighted by molar-refractivity contribution is -0.165. The second kappa shape index (κ2) is 6.83. The fourth-order valence-corrected chi connectivity index (χ4v) is 2.10. The van der Waals surface area contributed by atoms with Gasteiger partial charge in [-0.2, -0.15) is 0 Å². The maximum Gasteiger partial charge on any atom is 0.351 e. The van der Waals surface area contributed by atoms with Crippen LogP contribution in [0.5, 0.6) is 17.2 Å². The van der Waals surface area contributed by atoms with Gasteiger partial charge in [0, 0.05) is 0 Å². The van der Waals surface area contributed by atoms with Gasteiger partial charge < -0.3 is 39.7 Å². The van der Waals surface area contributed by atoms with E-state index in [4.69, 9.17) is 4.74 Å². The van der Waals surface area contributed by atoms with Crippen LogP contribution in [0.15, 0.2) is 12.1 Å². The van der Waals surface area contributed by atoms with Gasteiger partial charge in [-0.25, -0.2) is 14.4 Å². The molecule has 5 N–H and O–H groups in total. The molecule has 0 aromatic heterocycles. The maximum absolute atomic E-state index is 12.1. The van der Waals surface area contributed by atoms with Crippen molar-refractivity contribution in [1.82, 2.24) is 0 Å². The molecule has 2 rings (SSSR count). The molecule has 0 amide bonds. The Morgan fingerprint density at radius 1 is 1.16 bits per heavy atom. The average molecular weight is 358 g/mol. The first-order valence-electron chi connectivity index (χ1n) is 6.77. The first kappa shape index (κ1) is 18.3. The molecule has 1 aliphatic rings. The average Bonchev–Trinajstić information content (AvgIpc) is 2.83. The van der Waals surface area contributed by atoms with Crippen LogP contribution in [-0.4, -0.2) is 75.0 Å². The fraction of sp³-hybridized carbons (Fsp3) is 0.357. The van der Waals surface area contributed by atoms with Gasteiger partial charge in [-0.3, -0.25) is 0 Å². The maximum atomic E-state index is 12.1. The van der Waals surface area contributed by atoms with E-state index in [-0.39, 0.29) is 0 Å². The van der Waals surface area contributed by atoms with E-state index in [0.29, 0.717) is 0 Å². The lowest BCUT2D eigenvalue weighted by Gasteiger charge is -2.22. The Kier molecular flexibility index (Phi) is 4.99. The lowest BCUT2D eigenvalue weighted by atomic mass is 10.1. The van der Waals surface area contributed by atoms with E-state index in [9.17, 15) is 39.9 Å². The summed E-state index contributed by atoms with van der Waals surface area (Å²) >= 11 is 0. The molecular weight excluding hydrogens is 344 g/mol. The van der Waals surface area contributed by atoms with Crippen molar-refractivity contribution in [2.45, 2.75) is 24.4 Å². The van der Waals surface area contributed by atoms with Gasteiger partial charge in [0.2, 0.25) is 6.10 Å². The summed E-state index contributed by atoms with van der Waals surface area (Å²) in [5.41, 5.74) is -0.457. The lowest BCUT2D eigenvalue weighted by Crippen LogP contribution is -2.46. The van der Waals surface area contributed by atoms with Crippen LogP contribution < -0.4 is 0 Å². The number of cyclic esters (lactones) is 1. The van der Waals surface area contributed by atoms with Crippen LogP contribution in [0.1, 0.15) is 10.4 Å². The normalized spacial score (nSPS) is 23.6. The molecule has 136 valence electrons. The second-order valence-electron chi connectivity index (χ2n) is 5.05. The number of esters is 3. The number of methoxy groups -OCH3 is 1. The van der Waals surface area contributed by atoms with Crippen molar-refractivity contribution in [3.63, 3.8) is 0 Å². The number of rotatable bonds is 4. The molecule has 1 aliphatic heterocycles. The highest BCUT2D eigenvalue weighted by Crippen LogP contribution is 2.35. The summed E-state index contributed by atoms with van der Waals surface area (Å²) in [5.74, 6) is -6.21. The molecular formula is C14H14O11. The number of aliphatic hydroxyl groups excluding tert-OH is 2. The van der Waals surface area contributed by atoms with E-state index in [0.717, 1.165) is 19.2 Å². The zero-order valence-electron chi connectivity index (χ0n) is 12.6. The number of benzene rings is 1. The summed E-state index contributed by atoms with van der Waals surface area (Å²) < 4.78 is 13.9. The Labute approximate surface area is 139 Å². The van der Waals surface area contributed by atoms with Crippen molar-refractivity contribution < 1.29 is 54.1 Å². The third-order valence-electron chi connectivity index (χ3n) is 3.43. The minimum Gasteiger partial charge on any atom is -0.504 e. The summed E-state index contributed by atoms with van der Waals surface area (Å²) in [4.78, 5) is 35.2. The summed E-state index contributed by atoms with van der Waals surface area (Å²) in [6, 6.07) is 1.50. The third kappa shape index (κ3) is 3.41. The third-order valence-corrected chi connectivity index (χ3v) is 3.43. The molecule has 1 aromatic rings. The van der Waals surface area contributed by atoms with Crippen LogP contribution >= 0.6 is 0 Å². The number of carbonyl (C=O) groups is 3. The molecule has 1 aromatic carbocycles. The van der Waals surface area contributed by atoms with E-state index in [1.165, 1.54) is 0 Å². The summed E-state index contributed by atoms with van der Waals surface area (Å²) in [5, 5.41) is 47.1. The largest absolute Gasteiger partial charge is 0.504 e. The molecule has 1 heterocycles. The van der Waals surface area contributed by atoms with Gasteiger partial charge in [-0.15, -0.1) is 0 Å². The Morgan fingerprint density at radius 3 is 2.16 bits per heavy atom. The van der Waals surface area contributed by atoms with Crippen LogP contribution in [0.2, 0.25) is 0 Å². The van der Waals surface area contributed by atoms with Crippen molar-refractivity contribution in [3.8, 4) is 17.2 Å². The van der Waals surface area contributed by atoms with Crippen LogP contribution in [0.4, 0.5) is 0 Å².